The first-order valence-corrected chi connectivity index (χ1v) is 45.0. The molecule has 0 bridgehead atoms. The number of phosphoric ester groups is 2. The number of phosphoric acid groups is 2. The van der Waals surface area contributed by atoms with Gasteiger partial charge in [-0.3, -0.25) is 37.3 Å². The van der Waals surface area contributed by atoms with Gasteiger partial charge in [0, 0.05) is 25.7 Å². The van der Waals surface area contributed by atoms with Crippen LogP contribution in [-0.2, 0) is 65.4 Å². The number of carbonyl (C=O) groups is 4. The van der Waals surface area contributed by atoms with Gasteiger partial charge in [-0.25, -0.2) is 9.13 Å². The number of unbranched alkanes of at least 4 members (excludes halogenated alkanes) is 49. The van der Waals surface area contributed by atoms with Crippen molar-refractivity contribution in [2.75, 3.05) is 39.6 Å². The average molecular weight is 1470 g/mol. The molecule has 0 rings (SSSR count). The Kier molecular flexibility index (Phi) is 71.2. The number of aliphatic hydroxyl groups excluding tert-OH is 1. The van der Waals surface area contributed by atoms with Crippen LogP contribution >= 0.6 is 15.6 Å². The van der Waals surface area contributed by atoms with Gasteiger partial charge in [0.25, 0.3) is 0 Å². The molecule has 0 heterocycles. The van der Waals surface area contributed by atoms with Crippen molar-refractivity contribution in [3.8, 4) is 0 Å². The fourth-order valence-corrected chi connectivity index (χ4v) is 14.1. The van der Waals surface area contributed by atoms with Gasteiger partial charge in [-0.1, -0.05) is 375 Å². The van der Waals surface area contributed by atoms with Gasteiger partial charge >= 0.3 is 39.5 Å². The molecule has 0 aromatic heterocycles. The van der Waals surface area contributed by atoms with Crippen molar-refractivity contribution < 1.29 is 80.2 Å². The number of rotatable bonds is 80. The van der Waals surface area contributed by atoms with Crippen LogP contribution in [0.4, 0.5) is 0 Å². The highest BCUT2D eigenvalue weighted by atomic mass is 31.2. The average Bonchev–Trinajstić information content (AvgIpc) is 1.02. The Morgan fingerprint density at radius 3 is 0.760 bits per heavy atom. The smallest absolute Gasteiger partial charge is 0.462 e. The normalized spacial score (nSPS) is 14.2. The van der Waals surface area contributed by atoms with E-state index in [1.165, 1.54) is 244 Å². The molecule has 100 heavy (non-hydrogen) atoms. The summed E-state index contributed by atoms with van der Waals surface area (Å²) in [6.07, 6.45) is 62.4. The van der Waals surface area contributed by atoms with E-state index in [0.717, 1.165) is 102 Å². The number of aliphatic hydroxyl groups is 1. The zero-order valence-corrected chi connectivity index (χ0v) is 67.3. The van der Waals surface area contributed by atoms with E-state index in [1.54, 1.807) is 0 Å². The molecular formula is C81H158O17P2. The second-order valence-corrected chi connectivity index (χ2v) is 32.8. The van der Waals surface area contributed by atoms with Crippen LogP contribution < -0.4 is 0 Å². The first kappa shape index (κ1) is 98.1. The van der Waals surface area contributed by atoms with Gasteiger partial charge in [-0.15, -0.1) is 0 Å². The van der Waals surface area contributed by atoms with E-state index in [0.29, 0.717) is 25.7 Å². The van der Waals surface area contributed by atoms with Crippen molar-refractivity contribution >= 4 is 39.5 Å². The fourth-order valence-electron chi connectivity index (χ4n) is 12.5. The summed E-state index contributed by atoms with van der Waals surface area (Å²) in [6.45, 7) is 9.65. The van der Waals surface area contributed by atoms with E-state index in [4.69, 9.17) is 37.0 Å². The van der Waals surface area contributed by atoms with E-state index < -0.39 is 97.5 Å². The predicted octanol–water partition coefficient (Wildman–Crippen LogP) is 24.3. The van der Waals surface area contributed by atoms with Crippen LogP contribution in [0.1, 0.15) is 427 Å². The Hall–Kier alpha value is -1.94. The zero-order chi connectivity index (χ0) is 73.5. The number of ether oxygens (including phenoxy) is 4. The summed E-state index contributed by atoms with van der Waals surface area (Å²) in [4.78, 5) is 73.0. The first-order chi connectivity index (χ1) is 48.4. The maximum atomic E-state index is 13.1. The lowest BCUT2D eigenvalue weighted by Gasteiger charge is -2.21. The molecule has 3 N–H and O–H groups in total. The Morgan fingerprint density at radius 2 is 0.510 bits per heavy atom. The molecule has 0 aromatic carbocycles. The highest BCUT2D eigenvalue weighted by Crippen LogP contribution is 2.45. The summed E-state index contributed by atoms with van der Waals surface area (Å²) in [5.74, 6) is -0.541. The molecule has 0 radical (unpaired) electrons. The van der Waals surface area contributed by atoms with E-state index in [2.05, 4.69) is 41.5 Å². The van der Waals surface area contributed by atoms with Gasteiger partial charge in [0.2, 0.25) is 0 Å². The van der Waals surface area contributed by atoms with Crippen LogP contribution in [0.15, 0.2) is 0 Å². The van der Waals surface area contributed by atoms with E-state index >= 15 is 0 Å². The van der Waals surface area contributed by atoms with Crippen molar-refractivity contribution in [1.82, 2.24) is 0 Å². The second kappa shape index (κ2) is 72.6. The predicted molar refractivity (Wildman–Crippen MR) is 409 cm³/mol. The molecule has 0 amide bonds. The standard InChI is InChI=1S/C81H158O17P2/c1-7-10-12-14-16-18-20-21-22-23-24-25-26-27-32-36-40-47-53-59-65-80(85)97-76(69-92-79(84)64-58-52-46-39-35-31-29-28-30-34-37-43-49-55-61-73(4)5)71-95-99(87,88)93-67-75(82)68-94-100(89,90)96-72-77(70-91-78(83)63-57-51-45-38-33-19-17-15-13-11-8-2)98-81(86)66-60-54-48-42-41-44-50-56-62-74(6)9-3/h73-77,82H,7-72H2,1-6H3,(H,87,88)(H,89,90)/t74?,75-,76-,77-/m1/s1. The molecule has 0 aromatic rings. The van der Waals surface area contributed by atoms with E-state index in [1.807, 2.05) is 0 Å². The minimum absolute atomic E-state index is 0.105. The van der Waals surface area contributed by atoms with Crippen LogP contribution in [0.3, 0.4) is 0 Å². The molecule has 0 spiro atoms. The third-order valence-corrected chi connectivity index (χ3v) is 21.2. The highest BCUT2D eigenvalue weighted by Gasteiger charge is 2.30. The maximum Gasteiger partial charge on any atom is 0.472 e. The number of esters is 4. The minimum atomic E-state index is -4.96. The molecule has 0 fully saturated rings. The summed E-state index contributed by atoms with van der Waals surface area (Å²) >= 11 is 0. The van der Waals surface area contributed by atoms with Crippen LogP contribution in [0.2, 0.25) is 0 Å². The lowest BCUT2D eigenvalue weighted by Crippen LogP contribution is -2.30. The Morgan fingerprint density at radius 1 is 0.290 bits per heavy atom. The molecule has 17 nitrogen and oxygen atoms in total. The molecule has 0 aliphatic rings. The quantitative estimate of drug-likeness (QED) is 0.0222. The molecule has 3 unspecified atom stereocenters. The zero-order valence-electron chi connectivity index (χ0n) is 65.5. The van der Waals surface area contributed by atoms with Crippen molar-refractivity contribution in [3.63, 3.8) is 0 Å². The molecule has 19 heteroatoms. The SMILES string of the molecule is CCCCCCCCCCCCCCCCCCCCCCC(=O)O[C@H](COC(=O)CCCCCCCCCCCCCCCCC(C)C)COP(=O)(O)OC[C@@H](O)COP(=O)(O)OC[C@@H](COC(=O)CCCCCCCCCCCCC)OC(=O)CCCCCCCCCCC(C)CC. The maximum absolute atomic E-state index is 13.1. The molecule has 0 saturated heterocycles. The van der Waals surface area contributed by atoms with Crippen LogP contribution in [0.25, 0.3) is 0 Å². The van der Waals surface area contributed by atoms with E-state index in [-0.39, 0.29) is 25.7 Å². The van der Waals surface area contributed by atoms with Gasteiger partial charge in [0.1, 0.15) is 19.3 Å². The lowest BCUT2D eigenvalue weighted by molar-refractivity contribution is -0.161. The third kappa shape index (κ3) is 73.0. The summed E-state index contributed by atoms with van der Waals surface area (Å²) in [7, 11) is -9.92. The number of hydrogen-bond acceptors (Lipinski definition) is 15. The van der Waals surface area contributed by atoms with Gasteiger partial charge in [-0.05, 0) is 37.5 Å². The van der Waals surface area contributed by atoms with Gasteiger partial charge < -0.3 is 33.8 Å². The minimum Gasteiger partial charge on any atom is -0.462 e. The first-order valence-electron chi connectivity index (χ1n) is 42.0. The lowest BCUT2D eigenvalue weighted by atomic mass is 9.99. The van der Waals surface area contributed by atoms with Crippen molar-refractivity contribution in [3.05, 3.63) is 0 Å². The Labute approximate surface area is 613 Å². The summed E-state index contributed by atoms with van der Waals surface area (Å²) < 4.78 is 68.7. The molecule has 0 aliphatic carbocycles. The third-order valence-electron chi connectivity index (χ3n) is 19.3. The van der Waals surface area contributed by atoms with E-state index in [9.17, 15) is 43.2 Å². The van der Waals surface area contributed by atoms with Crippen LogP contribution in [0.5, 0.6) is 0 Å². The van der Waals surface area contributed by atoms with Crippen LogP contribution in [0, 0.1) is 11.8 Å². The molecular weight excluding hydrogens is 1310 g/mol. The number of carbonyl (C=O) groups excluding carboxylic acids is 4. The number of hydrogen-bond donors (Lipinski definition) is 3. The fraction of sp³-hybridized carbons (Fsp3) is 0.951. The summed E-state index contributed by atoms with van der Waals surface area (Å²) in [6, 6.07) is 0. The highest BCUT2D eigenvalue weighted by molar-refractivity contribution is 7.47. The van der Waals surface area contributed by atoms with Crippen molar-refractivity contribution in [2.45, 2.75) is 445 Å². The largest absolute Gasteiger partial charge is 0.472 e. The topological polar surface area (TPSA) is 237 Å². The summed E-state index contributed by atoms with van der Waals surface area (Å²) in [5, 5.41) is 10.6. The van der Waals surface area contributed by atoms with Gasteiger partial charge in [0.05, 0.1) is 26.4 Å². The van der Waals surface area contributed by atoms with Crippen molar-refractivity contribution in [1.29, 1.82) is 0 Å². The molecule has 6 atom stereocenters. The molecule has 0 saturated carbocycles. The molecule has 594 valence electrons. The van der Waals surface area contributed by atoms with Crippen LogP contribution in [-0.4, -0.2) is 96.7 Å². The summed E-state index contributed by atoms with van der Waals surface area (Å²) in [5.41, 5.74) is 0. The molecule has 0 aliphatic heterocycles. The van der Waals surface area contributed by atoms with Gasteiger partial charge in [-0.2, -0.15) is 0 Å². The van der Waals surface area contributed by atoms with Gasteiger partial charge in [0.15, 0.2) is 12.2 Å². The Bertz CT molecular complexity index is 1930. The monoisotopic (exact) mass is 1470 g/mol. The van der Waals surface area contributed by atoms with Crippen molar-refractivity contribution in [2.24, 2.45) is 11.8 Å². The second-order valence-electron chi connectivity index (χ2n) is 29.9. The Balaban J connectivity index is 5.23.